The van der Waals surface area contributed by atoms with Crippen LogP contribution in [-0.2, 0) is 6.18 Å². The van der Waals surface area contributed by atoms with Crippen LogP contribution in [0.2, 0.25) is 0 Å². The van der Waals surface area contributed by atoms with Gasteiger partial charge in [-0.1, -0.05) is 27.2 Å². The molecule has 1 saturated carbocycles. The molecule has 2 rings (SSSR count). The van der Waals surface area contributed by atoms with Crippen LogP contribution < -0.4 is 5.73 Å². The van der Waals surface area contributed by atoms with Crippen LogP contribution in [0.4, 0.5) is 13.2 Å². The van der Waals surface area contributed by atoms with Crippen molar-refractivity contribution < 1.29 is 13.2 Å². The van der Waals surface area contributed by atoms with E-state index < -0.39 is 11.7 Å². The Bertz CT molecular complexity index is 479. The smallest absolute Gasteiger partial charge is 0.326 e. The van der Waals surface area contributed by atoms with Gasteiger partial charge in [0, 0.05) is 12.2 Å². The van der Waals surface area contributed by atoms with Gasteiger partial charge in [-0.05, 0) is 30.6 Å². The SMILES string of the molecule is CCC(C)(C)C1CCC(N)C(n2cc(C(F)(F)F)cn2)C1. The Labute approximate surface area is 123 Å². The Hall–Kier alpha value is -1.04. The number of nitrogens with two attached hydrogens (primary N) is 1. The molecule has 21 heavy (non-hydrogen) atoms. The Morgan fingerprint density at radius 3 is 2.52 bits per heavy atom. The molecule has 0 radical (unpaired) electrons. The van der Waals surface area contributed by atoms with Gasteiger partial charge in [0.25, 0.3) is 0 Å². The van der Waals surface area contributed by atoms with Gasteiger partial charge in [-0.3, -0.25) is 4.68 Å². The number of hydrogen-bond acceptors (Lipinski definition) is 2. The molecule has 0 saturated heterocycles. The van der Waals surface area contributed by atoms with Crippen molar-refractivity contribution in [3.8, 4) is 0 Å². The number of halogens is 3. The number of hydrogen-bond donors (Lipinski definition) is 1. The van der Waals surface area contributed by atoms with Crippen molar-refractivity contribution in [2.75, 3.05) is 0 Å². The van der Waals surface area contributed by atoms with Gasteiger partial charge in [-0.15, -0.1) is 0 Å². The fourth-order valence-electron chi connectivity index (χ4n) is 3.14. The zero-order valence-electron chi connectivity index (χ0n) is 12.8. The van der Waals surface area contributed by atoms with E-state index in [1.165, 1.54) is 4.68 Å². The summed E-state index contributed by atoms with van der Waals surface area (Å²) < 4.78 is 39.5. The molecule has 3 atom stereocenters. The summed E-state index contributed by atoms with van der Waals surface area (Å²) in [5.41, 5.74) is 5.61. The lowest BCUT2D eigenvalue weighted by molar-refractivity contribution is -0.137. The third kappa shape index (κ3) is 3.42. The molecule has 0 spiro atoms. The van der Waals surface area contributed by atoms with Gasteiger partial charge in [0.1, 0.15) is 0 Å². The molecule has 2 N–H and O–H groups in total. The third-order valence-electron chi connectivity index (χ3n) is 5.15. The van der Waals surface area contributed by atoms with E-state index in [2.05, 4.69) is 25.9 Å². The molecule has 1 heterocycles. The summed E-state index contributed by atoms with van der Waals surface area (Å²) in [6.45, 7) is 6.59. The Morgan fingerprint density at radius 2 is 2.00 bits per heavy atom. The molecular weight excluding hydrogens is 279 g/mol. The van der Waals surface area contributed by atoms with E-state index in [1.807, 2.05) is 0 Å². The van der Waals surface area contributed by atoms with Crippen LogP contribution in [0.15, 0.2) is 12.4 Å². The zero-order chi connectivity index (χ0) is 15.8. The summed E-state index contributed by atoms with van der Waals surface area (Å²) in [6, 6.07) is -0.277. The predicted molar refractivity (Wildman–Crippen MR) is 75.7 cm³/mol. The summed E-state index contributed by atoms with van der Waals surface area (Å²) in [5, 5.41) is 3.92. The van der Waals surface area contributed by atoms with Crippen LogP contribution in [0.5, 0.6) is 0 Å². The maximum atomic E-state index is 12.7. The van der Waals surface area contributed by atoms with Crippen molar-refractivity contribution in [2.24, 2.45) is 17.1 Å². The Morgan fingerprint density at radius 1 is 1.33 bits per heavy atom. The van der Waals surface area contributed by atoms with Gasteiger partial charge in [0.2, 0.25) is 0 Å². The van der Waals surface area contributed by atoms with E-state index in [0.29, 0.717) is 5.92 Å². The van der Waals surface area contributed by atoms with E-state index in [0.717, 1.165) is 38.1 Å². The Balaban J connectivity index is 2.19. The molecule has 0 bridgehead atoms. The van der Waals surface area contributed by atoms with Crippen molar-refractivity contribution in [1.29, 1.82) is 0 Å². The summed E-state index contributed by atoms with van der Waals surface area (Å²) in [5.74, 6) is 0.464. The van der Waals surface area contributed by atoms with Crippen molar-refractivity contribution >= 4 is 0 Å². The molecule has 6 heteroatoms. The first-order valence-corrected chi connectivity index (χ1v) is 7.52. The lowest BCUT2D eigenvalue weighted by Crippen LogP contribution is -2.41. The largest absolute Gasteiger partial charge is 0.419 e. The van der Waals surface area contributed by atoms with E-state index >= 15 is 0 Å². The normalized spacial score (nSPS) is 27.9. The summed E-state index contributed by atoms with van der Waals surface area (Å²) in [4.78, 5) is 0. The van der Waals surface area contributed by atoms with Gasteiger partial charge in [0.15, 0.2) is 0 Å². The molecule has 0 aromatic carbocycles. The van der Waals surface area contributed by atoms with Gasteiger partial charge in [0.05, 0.1) is 17.8 Å². The van der Waals surface area contributed by atoms with Crippen molar-refractivity contribution in [2.45, 2.75) is 64.7 Å². The van der Waals surface area contributed by atoms with Crippen LogP contribution in [-0.4, -0.2) is 15.8 Å². The van der Waals surface area contributed by atoms with Crippen LogP contribution in [0.25, 0.3) is 0 Å². The highest BCUT2D eigenvalue weighted by Gasteiger charge is 2.38. The van der Waals surface area contributed by atoms with E-state index in [1.54, 1.807) is 0 Å². The lowest BCUT2D eigenvalue weighted by Gasteiger charge is -2.42. The Kier molecular flexibility index (Phi) is 4.38. The molecule has 120 valence electrons. The maximum Gasteiger partial charge on any atom is 0.419 e. The van der Waals surface area contributed by atoms with E-state index in [4.69, 9.17) is 5.73 Å². The second-order valence-electron chi connectivity index (χ2n) is 6.79. The molecule has 1 fully saturated rings. The topological polar surface area (TPSA) is 43.8 Å². The second kappa shape index (κ2) is 5.63. The molecular formula is C15H24F3N3. The van der Waals surface area contributed by atoms with Crippen LogP contribution in [0, 0.1) is 11.3 Å². The average molecular weight is 303 g/mol. The molecule has 1 aliphatic carbocycles. The van der Waals surface area contributed by atoms with Crippen molar-refractivity contribution in [3.63, 3.8) is 0 Å². The van der Waals surface area contributed by atoms with Gasteiger partial charge < -0.3 is 5.73 Å². The van der Waals surface area contributed by atoms with E-state index in [-0.39, 0.29) is 17.5 Å². The highest BCUT2D eigenvalue weighted by Crippen LogP contribution is 2.43. The molecule has 1 aromatic rings. The highest BCUT2D eigenvalue weighted by atomic mass is 19.4. The lowest BCUT2D eigenvalue weighted by atomic mass is 9.67. The minimum atomic E-state index is -4.35. The number of nitrogens with zero attached hydrogens (tertiary/aromatic N) is 2. The molecule has 0 amide bonds. The van der Waals surface area contributed by atoms with Crippen LogP contribution in [0.1, 0.15) is 58.1 Å². The summed E-state index contributed by atoms with van der Waals surface area (Å²) in [7, 11) is 0. The minimum Gasteiger partial charge on any atom is -0.326 e. The van der Waals surface area contributed by atoms with Gasteiger partial charge in [-0.25, -0.2) is 0 Å². The van der Waals surface area contributed by atoms with Crippen molar-refractivity contribution in [1.82, 2.24) is 9.78 Å². The molecule has 0 aliphatic heterocycles. The van der Waals surface area contributed by atoms with Gasteiger partial charge >= 0.3 is 6.18 Å². The second-order valence-corrected chi connectivity index (χ2v) is 6.79. The van der Waals surface area contributed by atoms with Crippen molar-refractivity contribution in [3.05, 3.63) is 18.0 Å². The monoisotopic (exact) mass is 303 g/mol. The zero-order valence-corrected chi connectivity index (χ0v) is 12.8. The number of rotatable bonds is 3. The first-order valence-electron chi connectivity index (χ1n) is 7.52. The van der Waals surface area contributed by atoms with Crippen LogP contribution in [0.3, 0.4) is 0 Å². The minimum absolute atomic E-state index is 0.130. The maximum absolute atomic E-state index is 12.7. The highest BCUT2D eigenvalue weighted by molar-refractivity contribution is 5.09. The molecule has 3 unspecified atom stereocenters. The fraction of sp³-hybridized carbons (Fsp3) is 0.800. The fourth-order valence-corrected chi connectivity index (χ4v) is 3.14. The van der Waals surface area contributed by atoms with Crippen LogP contribution >= 0.6 is 0 Å². The predicted octanol–water partition coefficient (Wildman–Crippen LogP) is 4.01. The standard InChI is InChI=1S/C15H24F3N3/c1-4-14(2,3)10-5-6-12(19)13(7-10)21-9-11(8-20-21)15(16,17)18/h8-10,12-13H,4-7,19H2,1-3H3. The van der Waals surface area contributed by atoms with Gasteiger partial charge in [-0.2, -0.15) is 18.3 Å². The average Bonchev–Trinajstić information content (AvgIpc) is 2.88. The molecule has 3 nitrogen and oxygen atoms in total. The molecule has 1 aliphatic rings. The van der Waals surface area contributed by atoms with E-state index in [9.17, 15) is 13.2 Å². The third-order valence-corrected chi connectivity index (χ3v) is 5.15. The first kappa shape index (κ1) is 16.3. The number of alkyl halides is 3. The summed E-state index contributed by atoms with van der Waals surface area (Å²) >= 11 is 0. The summed E-state index contributed by atoms with van der Waals surface area (Å²) in [6.07, 6.45) is 1.34. The molecule has 1 aromatic heterocycles. The quantitative estimate of drug-likeness (QED) is 0.917. The number of aromatic nitrogens is 2. The first-order chi connectivity index (χ1) is 9.65.